The number of benzene rings is 1. The summed E-state index contributed by atoms with van der Waals surface area (Å²) in [5.41, 5.74) is 5.58. The van der Waals surface area contributed by atoms with E-state index in [0.29, 0.717) is 17.0 Å². The van der Waals surface area contributed by atoms with E-state index in [-0.39, 0.29) is 12.2 Å². The Kier molecular flexibility index (Phi) is 5.56. The zero-order valence-electron chi connectivity index (χ0n) is 13.2. The minimum Gasteiger partial charge on any atom is -0.469 e. The Morgan fingerprint density at radius 3 is 2.54 bits per heavy atom. The standard InChI is InChI=1S/C16H17N3O5/c1-3-23-16(22)17-12-6-4-5-11(9-12)14(20)18-19-15(21)13-7-8-24-10(13)2/h4-9H,3H2,1-2H3,(H,17,22)(H,18,20)(H,19,21). The fourth-order valence-corrected chi connectivity index (χ4v) is 1.90. The van der Waals surface area contributed by atoms with E-state index in [1.165, 1.54) is 18.4 Å². The van der Waals surface area contributed by atoms with E-state index in [1.807, 2.05) is 0 Å². The Morgan fingerprint density at radius 1 is 1.12 bits per heavy atom. The number of hydrogen-bond acceptors (Lipinski definition) is 5. The lowest BCUT2D eigenvalue weighted by atomic mass is 10.2. The van der Waals surface area contributed by atoms with Crippen LogP contribution in [0.4, 0.5) is 10.5 Å². The number of carbonyl (C=O) groups excluding carboxylic acids is 3. The average molecular weight is 331 g/mol. The van der Waals surface area contributed by atoms with Crippen LogP contribution < -0.4 is 16.2 Å². The second-order valence-electron chi connectivity index (χ2n) is 4.72. The SMILES string of the molecule is CCOC(=O)Nc1cccc(C(=O)NNC(=O)c2ccoc2C)c1. The van der Waals surface area contributed by atoms with Gasteiger partial charge in [-0.2, -0.15) is 0 Å². The van der Waals surface area contributed by atoms with E-state index in [1.54, 1.807) is 32.0 Å². The number of rotatable bonds is 4. The number of ether oxygens (including phenoxy) is 1. The van der Waals surface area contributed by atoms with Gasteiger partial charge in [0.1, 0.15) is 5.76 Å². The lowest BCUT2D eigenvalue weighted by molar-refractivity contribution is 0.0845. The highest BCUT2D eigenvalue weighted by molar-refractivity contribution is 6.00. The van der Waals surface area contributed by atoms with Crippen molar-refractivity contribution in [3.05, 3.63) is 53.5 Å². The molecule has 8 heteroatoms. The minimum atomic E-state index is -0.612. The number of aryl methyl sites for hydroxylation is 1. The topological polar surface area (TPSA) is 110 Å². The summed E-state index contributed by atoms with van der Waals surface area (Å²) >= 11 is 0. The fourth-order valence-electron chi connectivity index (χ4n) is 1.90. The van der Waals surface area contributed by atoms with Crippen molar-refractivity contribution in [2.24, 2.45) is 0 Å². The van der Waals surface area contributed by atoms with Crippen molar-refractivity contribution in [1.82, 2.24) is 10.9 Å². The summed E-state index contributed by atoms with van der Waals surface area (Å²) < 4.78 is 9.79. The molecular formula is C16H17N3O5. The van der Waals surface area contributed by atoms with Gasteiger partial charge < -0.3 is 9.15 Å². The monoisotopic (exact) mass is 331 g/mol. The molecule has 0 spiro atoms. The van der Waals surface area contributed by atoms with Crippen LogP contribution in [0.25, 0.3) is 0 Å². The van der Waals surface area contributed by atoms with Crippen LogP contribution in [-0.4, -0.2) is 24.5 Å². The van der Waals surface area contributed by atoms with Crippen LogP contribution in [0.2, 0.25) is 0 Å². The first-order valence-electron chi connectivity index (χ1n) is 7.20. The van der Waals surface area contributed by atoms with E-state index in [4.69, 9.17) is 9.15 Å². The fraction of sp³-hybridized carbons (Fsp3) is 0.188. The highest BCUT2D eigenvalue weighted by Crippen LogP contribution is 2.11. The molecule has 1 aromatic carbocycles. The Bertz CT molecular complexity index is 754. The quantitative estimate of drug-likeness (QED) is 0.744. The van der Waals surface area contributed by atoms with Crippen LogP contribution in [0, 0.1) is 6.92 Å². The summed E-state index contributed by atoms with van der Waals surface area (Å²) in [5, 5.41) is 2.49. The molecule has 1 aromatic heterocycles. The lowest BCUT2D eigenvalue weighted by Crippen LogP contribution is -2.41. The maximum absolute atomic E-state index is 12.1. The summed E-state index contributed by atoms with van der Waals surface area (Å²) in [4.78, 5) is 35.3. The summed E-state index contributed by atoms with van der Waals surface area (Å²) in [6.07, 6.45) is 0.773. The zero-order chi connectivity index (χ0) is 17.5. The van der Waals surface area contributed by atoms with Gasteiger partial charge in [0.15, 0.2) is 0 Å². The molecule has 0 unspecified atom stereocenters. The van der Waals surface area contributed by atoms with Crippen molar-refractivity contribution in [1.29, 1.82) is 0 Å². The molecule has 0 aliphatic rings. The molecule has 3 N–H and O–H groups in total. The Morgan fingerprint density at radius 2 is 1.88 bits per heavy atom. The molecule has 3 amide bonds. The summed E-state index contributed by atoms with van der Waals surface area (Å²) in [5.74, 6) is -0.574. The van der Waals surface area contributed by atoms with Gasteiger partial charge in [0.2, 0.25) is 0 Å². The summed E-state index contributed by atoms with van der Waals surface area (Å²) in [7, 11) is 0. The molecule has 0 atom stereocenters. The second kappa shape index (κ2) is 7.82. The first-order valence-corrected chi connectivity index (χ1v) is 7.20. The third-order valence-electron chi connectivity index (χ3n) is 3.04. The van der Waals surface area contributed by atoms with E-state index in [9.17, 15) is 14.4 Å². The lowest BCUT2D eigenvalue weighted by Gasteiger charge is -2.09. The number of anilines is 1. The molecule has 8 nitrogen and oxygen atoms in total. The Balaban J connectivity index is 1.96. The third-order valence-corrected chi connectivity index (χ3v) is 3.04. The normalized spacial score (nSPS) is 9.92. The van der Waals surface area contributed by atoms with Crippen molar-refractivity contribution in [3.8, 4) is 0 Å². The van der Waals surface area contributed by atoms with E-state index in [2.05, 4.69) is 16.2 Å². The van der Waals surface area contributed by atoms with Gasteiger partial charge in [0.25, 0.3) is 11.8 Å². The molecule has 2 rings (SSSR count). The van der Waals surface area contributed by atoms with Crippen molar-refractivity contribution >= 4 is 23.6 Å². The number of furan rings is 1. The molecule has 126 valence electrons. The van der Waals surface area contributed by atoms with Gasteiger partial charge in [0, 0.05) is 11.3 Å². The molecule has 0 aliphatic carbocycles. The molecule has 0 saturated carbocycles. The number of hydrazine groups is 1. The predicted octanol–water partition coefficient (Wildman–Crippen LogP) is 2.23. The number of carbonyl (C=O) groups is 3. The predicted molar refractivity (Wildman–Crippen MR) is 85.5 cm³/mol. The van der Waals surface area contributed by atoms with E-state index in [0.717, 1.165) is 0 Å². The molecule has 0 saturated heterocycles. The van der Waals surface area contributed by atoms with Crippen molar-refractivity contribution < 1.29 is 23.5 Å². The van der Waals surface area contributed by atoms with Gasteiger partial charge in [0.05, 0.1) is 18.4 Å². The molecule has 1 heterocycles. The first kappa shape index (κ1) is 17.1. The summed E-state index contributed by atoms with van der Waals surface area (Å²) in [6.45, 7) is 3.57. The molecule has 0 aliphatic heterocycles. The van der Waals surface area contributed by atoms with Crippen LogP contribution in [0.3, 0.4) is 0 Å². The Hall–Kier alpha value is -3.29. The smallest absolute Gasteiger partial charge is 0.411 e. The van der Waals surface area contributed by atoms with Crippen LogP contribution >= 0.6 is 0 Å². The maximum Gasteiger partial charge on any atom is 0.411 e. The van der Waals surface area contributed by atoms with Gasteiger partial charge >= 0.3 is 6.09 Å². The van der Waals surface area contributed by atoms with Crippen molar-refractivity contribution in [3.63, 3.8) is 0 Å². The van der Waals surface area contributed by atoms with Crippen LogP contribution in [-0.2, 0) is 4.74 Å². The maximum atomic E-state index is 12.1. The highest BCUT2D eigenvalue weighted by Gasteiger charge is 2.13. The van der Waals surface area contributed by atoms with Crippen LogP contribution in [0.1, 0.15) is 33.4 Å². The van der Waals surface area contributed by atoms with Crippen molar-refractivity contribution in [2.75, 3.05) is 11.9 Å². The number of amides is 3. The molecular weight excluding hydrogens is 314 g/mol. The molecule has 0 fully saturated rings. The Labute approximate surface area is 138 Å². The van der Waals surface area contributed by atoms with Crippen molar-refractivity contribution in [2.45, 2.75) is 13.8 Å². The zero-order valence-corrected chi connectivity index (χ0v) is 13.2. The highest BCUT2D eigenvalue weighted by atomic mass is 16.5. The average Bonchev–Trinajstić information content (AvgIpc) is 2.99. The van der Waals surface area contributed by atoms with Gasteiger partial charge in [-0.05, 0) is 38.1 Å². The largest absolute Gasteiger partial charge is 0.469 e. The second-order valence-corrected chi connectivity index (χ2v) is 4.72. The van der Waals surface area contributed by atoms with E-state index >= 15 is 0 Å². The number of hydrogen-bond donors (Lipinski definition) is 3. The van der Waals surface area contributed by atoms with Crippen LogP contribution in [0.15, 0.2) is 41.0 Å². The molecule has 0 bridgehead atoms. The molecule has 0 radical (unpaired) electrons. The molecule has 24 heavy (non-hydrogen) atoms. The van der Waals surface area contributed by atoms with E-state index < -0.39 is 17.9 Å². The van der Waals surface area contributed by atoms with Crippen LogP contribution in [0.5, 0.6) is 0 Å². The summed E-state index contributed by atoms with van der Waals surface area (Å²) in [6, 6.07) is 7.71. The first-order chi connectivity index (χ1) is 11.5. The third kappa shape index (κ3) is 4.35. The minimum absolute atomic E-state index is 0.242. The van der Waals surface area contributed by atoms with Gasteiger partial charge in [-0.3, -0.25) is 25.8 Å². The molecule has 2 aromatic rings. The van der Waals surface area contributed by atoms with Gasteiger partial charge in [-0.25, -0.2) is 4.79 Å². The van der Waals surface area contributed by atoms with Gasteiger partial charge in [-0.1, -0.05) is 6.07 Å². The van der Waals surface area contributed by atoms with Gasteiger partial charge in [-0.15, -0.1) is 0 Å². The number of nitrogens with one attached hydrogen (secondary N) is 3.